The molecule has 0 bridgehead atoms. The highest BCUT2D eigenvalue weighted by atomic mass is 35.5. The first-order valence-corrected chi connectivity index (χ1v) is 9.47. The third-order valence-corrected chi connectivity index (χ3v) is 5.09. The lowest BCUT2D eigenvalue weighted by Gasteiger charge is -2.30. The van der Waals surface area contributed by atoms with Crippen LogP contribution in [0.4, 0.5) is 0 Å². The molecule has 26 heavy (non-hydrogen) atoms. The number of rotatable bonds is 6. The van der Waals surface area contributed by atoms with Gasteiger partial charge in [0.2, 0.25) is 5.91 Å². The summed E-state index contributed by atoms with van der Waals surface area (Å²) in [4.78, 5) is 14.9. The maximum Gasteiger partial charge on any atom is 0.231 e. The number of morpholine rings is 1. The highest BCUT2D eigenvalue weighted by Gasteiger charge is 2.26. The van der Waals surface area contributed by atoms with E-state index in [0.717, 1.165) is 11.1 Å². The molecule has 1 unspecified atom stereocenters. The molecule has 0 aromatic heterocycles. The second-order valence-electron chi connectivity index (χ2n) is 6.27. The molecule has 1 fully saturated rings. The van der Waals surface area contributed by atoms with Gasteiger partial charge in [-0.2, -0.15) is 0 Å². The van der Waals surface area contributed by atoms with E-state index in [-0.39, 0.29) is 11.8 Å². The molecular weight excluding hydrogens is 371 g/mol. The van der Waals surface area contributed by atoms with Crippen LogP contribution in [0.2, 0.25) is 10.0 Å². The zero-order valence-electron chi connectivity index (χ0n) is 14.5. The Bertz CT molecular complexity index is 734. The summed E-state index contributed by atoms with van der Waals surface area (Å²) in [5.74, 6) is -0.102. The third-order valence-electron chi connectivity index (χ3n) is 4.50. The molecule has 4 nitrogen and oxygen atoms in total. The summed E-state index contributed by atoms with van der Waals surface area (Å²) >= 11 is 12.2. The van der Waals surface area contributed by atoms with Gasteiger partial charge in [-0.25, -0.2) is 0 Å². The lowest BCUT2D eigenvalue weighted by atomic mass is 9.97. The first kappa shape index (κ1) is 19.2. The van der Waals surface area contributed by atoms with Crippen LogP contribution in [0.1, 0.15) is 17.0 Å². The van der Waals surface area contributed by atoms with Crippen LogP contribution in [-0.4, -0.2) is 43.7 Å². The standard InChI is InChI=1S/C20H22Cl2N2O2/c21-17-7-6-16(19(22)12-17)13-23-14-18(15-4-2-1-3-5-15)20(25)24-8-10-26-11-9-24/h1-7,12,18,23H,8-11,13-14H2. The van der Waals surface area contributed by atoms with Crippen molar-refractivity contribution >= 4 is 29.1 Å². The Balaban J connectivity index is 1.68. The summed E-state index contributed by atoms with van der Waals surface area (Å²) in [7, 11) is 0. The molecule has 1 N–H and O–H groups in total. The molecule has 1 aliphatic rings. The van der Waals surface area contributed by atoms with Crippen molar-refractivity contribution in [3.8, 4) is 0 Å². The summed E-state index contributed by atoms with van der Waals surface area (Å²) in [6, 6.07) is 15.3. The van der Waals surface area contributed by atoms with E-state index in [4.69, 9.17) is 27.9 Å². The molecule has 1 saturated heterocycles. The quantitative estimate of drug-likeness (QED) is 0.813. The fourth-order valence-electron chi connectivity index (χ4n) is 3.05. The Morgan fingerprint density at radius 3 is 2.54 bits per heavy atom. The molecule has 1 atom stereocenters. The average Bonchev–Trinajstić information content (AvgIpc) is 2.67. The minimum absolute atomic E-state index is 0.134. The zero-order valence-corrected chi connectivity index (χ0v) is 16.0. The Morgan fingerprint density at radius 1 is 1.12 bits per heavy atom. The molecule has 0 radical (unpaired) electrons. The number of amides is 1. The number of ether oxygens (including phenoxy) is 1. The van der Waals surface area contributed by atoms with Gasteiger partial charge < -0.3 is 15.0 Å². The highest BCUT2D eigenvalue weighted by molar-refractivity contribution is 6.35. The number of benzene rings is 2. The van der Waals surface area contributed by atoms with Gasteiger partial charge in [-0.15, -0.1) is 0 Å². The van der Waals surface area contributed by atoms with Crippen LogP contribution in [0.3, 0.4) is 0 Å². The van der Waals surface area contributed by atoms with Crippen molar-refractivity contribution in [2.75, 3.05) is 32.8 Å². The first-order chi connectivity index (χ1) is 12.6. The molecule has 2 aromatic carbocycles. The van der Waals surface area contributed by atoms with Crippen LogP contribution in [0.15, 0.2) is 48.5 Å². The predicted molar refractivity (Wildman–Crippen MR) is 105 cm³/mol. The molecule has 1 amide bonds. The van der Waals surface area contributed by atoms with E-state index in [0.29, 0.717) is 49.4 Å². The van der Waals surface area contributed by atoms with Gasteiger partial charge in [0.15, 0.2) is 0 Å². The van der Waals surface area contributed by atoms with Crippen LogP contribution in [0.25, 0.3) is 0 Å². The third kappa shape index (κ3) is 4.98. The molecule has 2 aromatic rings. The van der Waals surface area contributed by atoms with Gasteiger partial charge in [0.1, 0.15) is 0 Å². The summed E-state index contributed by atoms with van der Waals surface area (Å²) in [6.07, 6.45) is 0. The molecule has 3 rings (SSSR count). The summed E-state index contributed by atoms with van der Waals surface area (Å²) in [5.41, 5.74) is 1.97. The van der Waals surface area contributed by atoms with Crippen LogP contribution in [0.5, 0.6) is 0 Å². The molecule has 1 aliphatic heterocycles. The van der Waals surface area contributed by atoms with Gasteiger partial charge in [-0.05, 0) is 23.3 Å². The van der Waals surface area contributed by atoms with Crippen molar-refractivity contribution in [1.82, 2.24) is 10.2 Å². The number of carbonyl (C=O) groups excluding carboxylic acids is 1. The smallest absolute Gasteiger partial charge is 0.231 e. The molecule has 1 heterocycles. The van der Waals surface area contributed by atoms with E-state index < -0.39 is 0 Å². The summed E-state index contributed by atoms with van der Waals surface area (Å²) in [5, 5.41) is 4.61. The number of carbonyl (C=O) groups is 1. The Labute approximate surface area is 164 Å². The molecule has 0 aliphatic carbocycles. The number of nitrogens with zero attached hydrogens (tertiary/aromatic N) is 1. The van der Waals surface area contributed by atoms with Crippen molar-refractivity contribution in [1.29, 1.82) is 0 Å². The van der Waals surface area contributed by atoms with Gasteiger partial charge in [-0.1, -0.05) is 59.6 Å². The average molecular weight is 393 g/mol. The van der Waals surface area contributed by atoms with E-state index in [1.807, 2.05) is 47.4 Å². The van der Waals surface area contributed by atoms with Gasteiger partial charge in [-0.3, -0.25) is 4.79 Å². The van der Waals surface area contributed by atoms with Crippen molar-refractivity contribution in [3.05, 3.63) is 69.7 Å². The molecular formula is C20H22Cl2N2O2. The minimum Gasteiger partial charge on any atom is -0.378 e. The van der Waals surface area contributed by atoms with Crippen molar-refractivity contribution < 1.29 is 9.53 Å². The number of hydrogen-bond acceptors (Lipinski definition) is 3. The van der Waals surface area contributed by atoms with Crippen LogP contribution < -0.4 is 5.32 Å². The molecule has 0 spiro atoms. The van der Waals surface area contributed by atoms with E-state index >= 15 is 0 Å². The van der Waals surface area contributed by atoms with Crippen LogP contribution in [0, 0.1) is 0 Å². The zero-order chi connectivity index (χ0) is 18.4. The summed E-state index contributed by atoms with van der Waals surface area (Å²) < 4.78 is 5.36. The second kappa shape index (κ2) is 9.38. The maximum atomic E-state index is 13.0. The first-order valence-electron chi connectivity index (χ1n) is 8.71. The van der Waals surface area contributed by atoms with E-state index in [2.05, 4.69) is 5.32 Å². The number of nitrogens with one attached hydrogen (secondary N) is 1. The number of halogens is 2. The largest absolute Gasteiger partial charge is 0.378 e. The van der Waals surface area contributed by atoms with Gasteiger partial charge in [0, 0.05) is 36.2 Å². The fraction of sp³-hybridized carbons (Fsp3) is 0.350. The van der Waals surface area contributed by atoms with E-state index in [1.165, 1.54) is 0 Å². The Kier molecular flexibility index (Phi) is 6.92. The molecule has 138 valence electrons. The van der Waals surface area contributed by atoms with E-state index in [1.54, 1.807) is 6.07 Å². The lowest BCUT2D eigenvalue weighted by molar-refractivity contribution is -0.136. The fourth-order valence-corrected chi connectivity index (χ4v) is 3.53. The minimum atomic E-state index is -0.236. The summed E-state index contributed by atoms with van der Waals surface area (Å²) in [6.45, 7) is 3.60. The second-order valence-corrected chi connectivity index (χ2v) is 7.11. The normalized spacial score (nSPS) is 15.7. The monoisotopic (exact) mass is 392 g/mol. The van der Waals surface area contributed by atoms with Gasteiger partial charge in [0.25, 0.3) is 0 Å². The SMILES string of the molecule is O=C(C(CNCc1ccc(Cl)cc1Cl)c1ccccc1)N1CCOCC1. The van der Waals surface area contributed by atoms with Gasteiger partial charge >= 0.3 is 0 Å². The van der Waals surface area contributed by atoms with Crippen molar-refractivity contribution in [2.24, 2.45) is 0 Å². The van der Waals surface area contributed by atoms with Gasteiger partial charge in [0.05, 0.1) is 19.1 Å². The number of hydrogen-bond donors (Lipinski definition) is 1. The van der Waals surface area contributed by atoms with Crippen LogP contribution >= 0.6 is 23.2 Å². The lowest BCUT2D eigenvalue weighted by Crippen LogP contribution is -2.45. The highest BCUT2D eigenvalue weighted by Crippen LogP contribution is 2.22. The molecule has 6 heteroatoms. The molecule has 0 saturated carbocycles. The van der Waals surface area contributed by atoms with Crippen LogP contribution in [-0.2, 0) is 16.1 Å². The van der Waals surface area contributed by atoms with Crippen molar-refractivity contribution in [2.45, 2.75) is 12.5 Å². The maximum absolute atomic E-state index is 13.0. The Hall–Kier alpha value is -1.59. The van der Waals surface area contributed by atoms with E-state index in [9.17, 15) is 4.79 Å². The topological polar surface area (TPSA) is 41.6 Å². The Morgan fingerprint density at radius 2 is 1.85 bits per heavy atom. The predicted octanol–water partition coefficient (Wildman–Crippen LogP) is 3.73. The van der Waals surface area contributed by atoms with Crippen molar-refractivity contribution in [3.63, 3.8) is 0 Å².